The first-order chi connectivity index (χ1) is 17.8. The Morgan fingerprint density at radius 1 is 1.05 bits per heavy atom. The van der Waals surface area contributed by atoms with Crippen molar-refractivity contribution in [2.75, 3.05) is 25.9 Å². The third-order valence-corrected chi connectivity index (χ3v) is 8.18. The second-order valence-electron chi connectivity index (χ2n) is 9.26. The Morgan fingerprint density at radius 3 is 2.42 bits per heavy atom. The van der Waals surface area contributed by atoms with Crippen molar-refractivity contribution in [1.29, 1.82) is 0 Å². The minimum absolute atomic E-state index is 0. The van der Waals surface area contributed by atoms with E-state index in [-0.39, 0.29) is 17.4 Å². The van der Waals surface area contributed by atoms with Crippen molar-refractivity contribution < 1.29 is 12.8 Å². The molecule has 0 aliphatic carbocycles. The SMILES string of the molecule is CS(=O)(=O)c1ccc(CCN2CC=C(c3c[nH]c(-c4ccc(F)c(Cl)c4)c3-c3ccncc3)CC2)cc1.Cl. The second kappa shape index (κ2) is 11.8. The molecule has 1 aliphatic heterocycles. The Bertz CT molecular complexity index is 1550. The van der Waals surface area contributed by atoms with Crippen LogP contribution in [0.4, 0.5) is 4.39 Å². The number of sulfone groups is 1. The van der Waals surface area contributed by atoms with Crippen LogP contribution >= 0.6 is 24.0 Å². The number of H-pyrrole nitrogens is 1. The monoisotopic (exact) mass is 571 g/mol. The van der Waals surface area contributed by atoms with Gasteiger partial charge in [0.1, 0.15) is 5.82 Å². The third kappa shape index (κ3) is 6.18. The molecule has 9 heteroatoms. The lowest BCUT2D eigenvalue weighted by Gasteiger charge is -2.26. The molecule has 2 aromatic carbocycles. The van der Waals surface area contributed by atoms with E-state index in [4.69, 9.17) is 11.6 Å². The summed E-state index contributed by atoms with van der Waals surface area (Å²) in [6, 6.07) is 15.9. The summed E-state index contributed by atoms with van der Waals surface area (Å²) in [5.74, 6) is -0.441. The lowest BCUT2D eigenvalue weighted by Crippen LogP contribution is -2.30. The number of nitrogens with one attached hydrogen (secondary N) is 1. The minimum atomic E-state index is -3.18. The third-order valence-electron chi connectivity index (χ3n) is 6.76. The molecule has 4 aromatic rings. The van der Waals surface area contributed by atoms with E-state index in [2.05, 4.69) is 20.9 Å². The summed E-state index contributed by atoms with van der Waals surface area (Å²) >= 11 is 6.09. The molecule has 1 aliphatic rings. The molecule has 0 saturated carbocycles. The number of benzene rings is 2. The number of hydrogen-bond donors (Lipinski definition) is 1. The summed E-state index contributed by atoms with van der Waals surface area (Å²) in [4.78, 5) is 10.3. The predicted octanol–water partition coefficient (Wildman–Crippen LogP) is 6.69. The van der Waals surface area contributed by atoms with E-state index in [1.807, 2.05) is 30.5 Å². The first kappa shape index (κ1) is 28.0. The fourth-order valence-electron chi connectivity index (χ4n) is 4.72. The van der Waals surface area contributed by atoms with Crippen molar-refractivity contribution in [3.63, 3.8) is 0 Å². The number of halogens is 3. The second-order valence-corrected chi connectivity index (χ2v) is 11.7. The number of hydrogen-bond acceptors (Lipinski definition) is 4. The number of aromatic amines is 1. The fraction of sp³-hybridized carbons (Fsp3) is 0.207. The van der Waals surface area contributed by atoms with Crippen LogP contribution in [-0.4, -0.2) is 49.2 Å². The van der Waals surface area contributed by atoms with Gasteiger partial charge in [-0.15, -0.1) is 12.4 Å². The maximum atomic E-state index is 13.8. The molecule has 3 heterocycles. The van der Waals surface area contributed by atoms with Gasteiger partial charge in [-0.1, -0.05) is 29.8 Å². The number of nitrogens with zero attached hydrogens (tertiary/aromatic N) is 2. The van der Waals surface area contributed by atoms with Crippen LogP contribution in [0.2, 0.25) is 5.02 Å². The van der Waals surface area contributed by atoms with Crippen LogP contribution in [-0.2, 0) is 16.3 Å². The minimum Gasteiger partial charge on any atom is -0.360 e. The largest absolute Gasteiger partial charge is 0.360 e. The van der Waals surface area contributed by atoms with Crippen LogP contribution in [0.15, 0.2) is 84.2 Å². The van der Waals surface area contributed by atoms with E-state index in [1.165, 1.54) is 17.9 Å². The predicted molar refractivity (Wildman–Crippen MR) is 154 cm³/mol. The Labute approximate surface area is 233 Å². The van der Waals surface area contributed by atoms with E-state index in [9.17, 15) is 12.8 Å². The zero-order valence-electron chi connectivity index (χ0n) is 20.8. The average molecular weight is 573 g/mol. The van der Waals surface area contributed by atoms with Gasteiger partial charge in [0, 0.05) is 61.2 Å². The van der Waals surface area contributed by atoms with Gasteiger partial charge in [-0.2, -0.15) is 0 Å². The summed E-state index contributed by atoms with van der Waals surface area (Å²) < 4.78 is 37.2. The van der Waals surface area contributed by atoms with Crippen molar-refractivity contribution in [2.45, 2.75) is 17.7 Å². The lowest BCUT2D eigenvalue weighted by atomic mass is 9.92. The van der Waals surface area contributed by atoms with Crippen LogP contribution in [0.25, 0.3) is 28.0 Å². The van der Waals surface area contributed by atoms with Gasteiger partial charge in [-0.05, 0) is 72.0 Å². The molecule has 1 N–H and O–H groups in total. The summed E-state index contributed by atoms with van der Waals surface area (Å²) in [5, 5.41) is 0.0906. The highest BCUT2D eigenvalue weighted by molar-refractivity contribution is 7.90. The number of aromatic nitrogens is 2. The van der Waals surface area contributed by atoms with E-state index < -0.39 is 15.7 Å². The molecular weight excluding hydrogens is 544 g/mol. The molecule has 0 spiro atoms. The van der Waals surface area contributed by atoms with Gasteiger partial charge in [0.25, 0.3) is 0 Å². The van der Waals surface area contributed by atoms with Crippen molar-refractivity contribution in [3.05, 3.63) is 101 Å². The van der Waals surface area contributed by atoms with Gasteiger partial charge >= 0.3 is 0 Å². The van der Waals surface area contributed by atoms with Gasteiger partial charge in [-0.25, -0.2) is 12.8 Å². The number of rotatable bonds is 7. The molecule has 198 valence electrons. The highest BCUT2D eigenvalue weighted by Crippen LogP contribution is 2.40. The van der Waals surface area contributed by atoms with Crippen LogP contribution in [0, 0.1) is 5.82 Å². The zero-order chi connectivity index (χ0) is 26.0. The Kier molecular flexibility index (Phi) is 8.73. The van der Waals surface area contributed by atoms with E-state index in [0.717, 1.165) is 66.0 Å². The van der Waals surface area contributed by atoms with Crippen molar-refractivity contribution >= 4 is 39.4 Å². The van der Waals surface area contributed by atoms with Crippen molar-refractivity contribution in [2.24, 2.45) is 0 Å². The normalized spacial score (nSPS) is 14.1. The Hall–Kier alpha value is -2.97. The molecule has 0 bridgehead atoms. The average Bonchev–Trinajstić information content (AvgIpc) is 3.35. The zero-order valence-corrected chi connectivity index (χ0v) is 23.2. The van der Waals surface area contributed by atoms with Crippen LogP contribution in [0.5, 0.6) is 0 Å². The summed E-state index contributed by atoms with van der Waals surface area (Å²) in [6.07, 6.45) is 10.8. The van der Waals surface area contributed by atoms with Gasteiger partial charge in [0.2, 0.25) is 0 Å². The summed E-state index contributed by atoms with van der Waals surface area (Å²) in [6.45, 7) is 2.65. The highest BCUT2D eigenvalue weighted by atomic mass is 35.5. The van der Waals surface area contributed by atoms with Gasteiger partial charge < -0.3 is 4.98 Å². The van der Waals surface area contributed by atoms with Crippen LogP contribution in [0.1, 0.15) is 17.5 Å². The van der Waals surface area contributed by atoms with Crippen molar-refractivity contribution in [1.82, 2.24) is 14.9 Å². The highest BCUT2D eigenvalue weighted by Gasteiger charge is 2.21. The first-order valence-electron chi connectivity index (χ1n) is 12.1. The fourth-order valence-corrected chi connectivity index (χ4v) is 5.53. The molecule has 0 radical (unpaired) electrons. The molecule has 5 nitrogen and oxygen atoms in total. The van der Waals surface area contributed by atoms with Crippen LogP contribution < -0.4 is 0 Å². The molecule has 0 saturated heterocycles. The van der Waals surface area contributed by atoms with E-state index >= 15 is 0 Å². The standard InChI is InChI=1S/C29H27ClFN3O2S.ClH/c1-37(35,36)24-5-2-20(3-6-24)10-15-34-16-11-21(12-17-34)25-19-33-29(23-4-7-27(31)26(30)18-23)28(25)22-8-13-32-14-9-22;/h2-9,11,13-14,18-19,33H,10,12,15-17H2,1H3;1H. The maximum Gasteiger partial charge on any atom is 0.175 e. The molecule has 2 aromatic heterocycles. The van der Waals surface area contributed by atoms with Crippen LogP contribution in [0.3, 0.4) is 0 Å². The smallest absolute Gasteiger partial charge is 0.175 e. The summed E-state index contributed by atoms with van der Waals surface area (Å²) in [7, 11) is -3.18. The summed E-state index contributed by atoms with van der Waals surface area (Å²) in [5.41, 5.74) is 7.30. The molecule has 0 fully saturated rings. The first-order valence-corrected chi connectivity index (χ1v) is 14.3. The molecular formula is C29H28Cl2FN3O2S. The molecule has 0 amide bonds. The quantitative estimate of drug-likeness (QED) is 0.268. The van der Waals surface area contributed by atoms with E-state index in [0.29, 0.717) is 4.90 Å². The van der Waals surface area contributed by atoms with Crippen molar-refractivity contribution in [3.8, 4) is 22.4 Å². The number of pyridine rings is 1. The lowest BCUT2D eigenvalue weighted by molar-refractivity contribution is 0.306. The molecule has 0 unspecified atom stereocenters. The van der Waals surface area contributed by atoms with Gasteiger partial charge in [-0.3, -0.25) is 9.88 Å². The van der Waals surface area contributed by atoms with Gasteiger partial charge in [0.05, 0.1) is 15.6 Å². The Morgan fingerprint density at radius 2 is 1.79 bits per heavy atom. The molecule has 38 heavy (non-hydrogen) atoms. The van der Waals surface area contributed by atoms with Gasteiger partial charge in [0.15, 0.2) is 9.84 Å². The topological polar surface area (TPSA) is 66.1 Å². The molecule has 0 atom stereocenters. The van der Waals surface area contributed by atoms with E-state index in [1.54, 1.807) is 36.7 Å². The Balaban J connectivity index is 0.00000336. The maximum absolute atomic E-state index is 13.8. The molecule has 5 rings (SSSR count).